The maximum Gasteiger partial charge on any atom is 0.338 e. The summed E-state index contributed by atoms with van der Waals surface area (Å²) in [5, 5.41) is 12.1. The molecule has 0 fully saturated rings. The van der Waals surface area contributed by atoms with E-state index >= 15 is 0 Å². The summed E-state index contributed by atoms with van der Waals surface area (Å²) in [6, 6.07) is 9.58. The van der Waals surface area contributed by atoms with Crippen molar-refractivity contribution in [3.05, 3.63) is 63.2 Å². The molecule has 0 saturated heterocycles. The van der Waals surface area contributed by atoms with E-state index < -0.39 is 11.0 Å². The number of anilines is 2. The van der Waals surface area contributed by atoms with Crippen molar-refractivity contribution in [1.82, 2.24) is 0 Å². The van der Waals surface area contributed by atoms with Crippen molar-refractivity contribution >= 4 is 23.1 Å². The van der Waals surface area contributed by atoms with Crippen molar-refractivity contribution in [2.45, 2.75) is 20.8 Å². The molecule has 23 heavy (non-hydrogen) atoms. The molecule has 2 rings (SSSR count). The molecule has 2 aromatic carbocycles. The fraction of sp³-hybridized carbons (Fsp3) is 0.188. The number of hydrogen-bond acceptors (Lipinski definition) is 4. The number of amides is 2. The third-order valence-electron chi connectivity index (χ3n) is 3.39. The van der Waals surface area contributed by atoms with Crippen molar-refractivity contribution in [2.75, 3.05) is 10.4 Å². The highest BCUT2D eigenvalue weighted by atomic mass is 16.6. The Hall–Kier alpha value is -3.09. The van der Waals surface area contributed by atoms with Gasteiger partial charge in [-0.2, -0.15) is 0 Å². The van der Waals surface area contributed by atoms with Gasteiger partial charge in [0.15, 0.2) is 0 Å². The summed E-state index contributed by atoms with van der Waals surface area (Å²) in [6.07, 6.45) is 0. The van der Waals surface area contributed by atoms with Gasteiger partial charge < -0.3 is 5.73 Å². The van der Waals surface area contributed by atoms with Crippen molar-refractivity contribution in [2.24, 2.45) is 5.73 Å². The average Bonchev–Trinajstić information content (AvgIpc) is 2.45. The van der Waals surface area contributed by atoms with Crippen LogP contribution in [-0.2, 0) is 0 Å². The number of nitrogens with zero attached hydrogens (tertiary/aromatic N) is 2. The first-order valence-corrected chi connectivity index (χ1v) is 6.98. The van der Waals surface area contributed by atoms with E-state index in [0.29, 0.717) is 22.5 Å². The maximum atomic E-state index is 11.9. The van der Waals surface area contributed by atoms with Crippen LogP contribution in [0.25, 0.3) is 0 Å². The molecule has 0 spiro atoms. The van der Waals surface area contributed by atoms with Gasteiger partial charge in [-0.05, 0) is 49.6 Å². The number of hydrogen-bond donors (Lipinski definition) is 2. The molecule has 0 radical (unpaired) electrons. The maximum absolute atomic E-state index is 11.9. The van der Waals surface area contributed by atoms with Crippen molar-refractivity contribution in [3.8, 4) is 0 Å². The molecule has 0 aliphatic carbocycles. The van der Waals surface area contributed by atoms with Crippen molar-refractivity contribution in [1.29, 1.82) is 0 Å². The molecule has 0 aromatic heterocycles. The van der Waals surface area contributed by atoms with Gasteiger partial charge in [0.2, 0.25) is 0 Å². The number of hydrazine groups is 1. The third kappa shape index (κ3) is 3.57. The van der Waals surface area contributed by atoms with Crippen LogP contribution in [0.3, 0.4) is 0 Å². The Morgan fingerprint density at radius 1 is 1.17 bits per heavy atom. The van der Waals surface area contributed by atoms with Gasteiger partial charge in [0.1, 0.15) is 0 Å². The lowest BCUT2D eigenvalue weighted by Crippen LogP contribution is -2.41. The molecule has 120 valence electrons. The first-order valence-electron chi connectivity index (χ1n) is 6.98. The highest BCUT2D eigenvalue weighted by Crippen LogP contribution is 2.30. The number of nitro groups is 1. The largest absolute Gasteiger partial charge is 0.350 e. The molecule has 3 N–H and O–H groups in total. The smallest absolute Gasteiger partial charge is 0.338 e. The number of aryl methyl sites for hydroxylation is 3. The van der Waals surface area contributed by atoms with Gasteiger partial charge in [0.05, 0.1) is 16.3 Å². The molecule has 0 aliphatic heterocycles. The second-order valence-electron chi connectivity index (χ2n) is 5.34. The predicted molar refractivity (Wildman–Crippen MR) is 89.4 cm³/mol. The van der Waals surface area contributed by atoms with Gasteiger partial charge in [-0.1, -0.05) is 12.1 Å². The van der Waals surface area contributed by atoms with E-state index in [1.165, 1.54) is 17.1 Å². The van der Waals surface area contributed by atoms with Crippen LogP contribution in [0, 0.1) is 30.9 Å². The molecule has 7 nitrogen and oxygen atoms in total. The highest BCUT2D eigenvalue weighted by Gasteiger charge is 2.20. The van der Waals surface area contributed by atoms with Crippen LogP contribution in [-0.4, -0.2) is 11.0 Å². The molecule has 7 heteroatoms. The molecule has 2 amide bonds. The van der Waals surface area contributed by atoms with Crippen molar-refractivity contribution in [3.63, 3.8) is 0 Å². The molecule has 0 aliphatic rings. The van der Waals surface area contributed by atoms with Crippen LogP contribution in [0.15, 0.2) is 36.4 Å². The Morgan fingerprint density at radius 3 is 2.26 bits per heavy atom. The standard InChI is InChI=1S/C16H18N4O3/c1-10-5-4-6-13(7-10)18-19(16(17)21)15-11(2)8-14(20(22)23)9-12(15)3/h4-9,18H,1-3H3,(H2,17,21). The van der Waals surface area contributed by atoms with Gasteiger partial charge in [-0.15, -0.1) is 0 Å². The number of benzene rings is 2. The Morgan fingerprint density at radius 2 is 1.78 bits per heavy atom. The van der Waals surface area contributed by atoms with E-state index in [2.05, 4.69) is 5.43 Å². The predicted octanol–water partition coefficient (Wildman–Crippen LogP) is 3.43. The molecule has 2 aromatic rings. The minimum absolute atomic E-state index is 0.0243. The van der Waals surface area contributed by atoms with E-state index in [1.807, 2.05) is 25.1 Å². The number of carbonyl (C=O) groups is 1. The minimum Gasteiger partial charge on any atom is -0.350 e. The molecule has 0 atom stereocenters. The summed E-state index contributed by atoms with van der Waals surface area (Å²) < 4.78 is 0. The van der Waals surface area contributed by atoms with Crippen LogP contribution in [0.2, 0.25) is 0 Å². The summed E-state index contributed by atoms with van der Waals surface area (Å²) in [5.74, 6) is 0. The summed E-state index contributed by atoms with van der Waals surface area (Å²) in [4.78, 5) is 22.3. The van der Waals surface area contributed by atoms with Gasteiger partial charge in [0.25, 0.3) is 5.69 Å². The lowest BCUT2D eigenvalue weighted by molar-refractivity contribution is -0.384. The van der Waals surface area contributed by atoms with Gasteiger partial charge in [-0.25, -0.2) is 9.80 Å². The lowest BCUT2D eigenvalue weighted by Gasteiger charge is -2.25. The summed E-state index contributed by atoms with van der Waals surface area (Å²) in [5.41, 5.74) is 11.8. The van der Waals surface area contributed by atoms with Crippen LogP contribution in [0.5, 0.6) is 0 Å². The highest BCUT2D eigenvalue weighted by molar-refractivity contribution is 5.94. The van der Waals surface area contributed by atoms with E-state index in [0.717, 1.165) is 5.56 Å². The molecule has 0 heterocycles. The second kappa shape index (κ2) is 6.35. The summed E-state index contributed by atoms with van der Waals surface area (Å²) >= 11 is 0. The van der Waals surface area contributed by atoms with Crippen molar-refractivity contribution < 1.29 is 9.72 Å². The fourth-order valence-electron chi connectivity index (χ4n) is 2.46. The fourth-order valence-corrected chi connectivity index (χ4v) is 2.46. The number of nitro benzene ring substituents is 1. The molecule has 0 bridgehead atoms. The number of urea groups is 1. The van der Waals surface area contributed by atoms with Crippen LogP contribution < -0.4 is 16.2 Å². The van der Waals surface area contributed by atoms with E-state index in [4.69, 9.17) is 5.73 Å². The number of rotatable bonds is 4. The number of primary amides is 1. The van der Waals surface area contributed by atoms with Crippen LogP contribution in [0.4, 0.5) is 21.9 Å². The molecule has 0 unspecified atom stereocenters. The monoisotopic (exact) mass is 314 g/mol. The number of carbonyl (C=O) groups excluding carboxylic acids is 1. The topological polar surface area (TPSA) is 102 Å². The van der Waals surface area contributed by atoms with E-state index in [-0.39, 0.29) is 5.69 Å². The minimum atomic E-state index is -0.702. The number of nitrogens with two attached hydrogens (primary N) is 1. The zero-order chi connectivity index (χ0) is 17.1. The summed E-state index contributed by atoms with van der Waals surface area (Å²) in [6.45, 7) is 5.33. The van der Waals surface area contributed by atoms with Crippen LogP contribution >= 0.6 is 0 Å². The zero-order valence-electron chi connectivity index (χ0n) is 13.2. The molecular weight excluding hydrogens is 296 g/mol. The Bertz CT molecular complexity index is 751. The first-order chi connectivity index (χ1) is 10.8. The third-order valence-corrected chi connectivity index (χ3v) is 3.39. The quantitative estimate of drug-likeness (QED) is 0.666. The van der Waals surface area contributed by atoms with Gasteiger partial charge >= 0.3 is 6.03 Å². The van der Waals surface area contributed by atoms with Gasteiger partial charge in [-0.3, -0.25) is 15.5 Å². The first kappa shape index (κ1) is 16.3. The summed E-state index contributed by atoms with van der Waals surface area (Å²) in [7, 11) is 0. The number of nitrogens with one attached hydrogen (secondary N) is 1. The molecule has 0 saturated carbocycles. The second-order valence-corrected chi connectivity index (χ2v) is 5.34. The molecular formula is C16H18N4O3. The Labute approximate surface area is 133 Å². The van der Waals surface area contributed by atoms with E-state index in [1.54, 1.807) is 19.9 Å². The van der Waals surface area contributed by atoms with Crippen LogP contribution in [0.1, 0.15) is 16.7 Å². The van der Waals surface area contributed by atoms with Gasteiger partial charge in [0, 0.05) is 12.1 Å². The van der Waals surface area contributed by atoms with E-state index in [9.17, 15) is 14.9 Å². The average molecular weight is 314 g/mol. The SMILES string of the molecule is Cc1cccc(NN(C(N)=O)c2c(C)cc([N+](=O)[O-])cc2C)c1. The Kier molecular flexibility index (Phi) is 4.49. The Balaban J connectivity index is 2.46. The lowest BCUT2D eigenvalue weighted by atomic mass is 10.1. The zero-order valence-corrected chi connectivity index (χ0v) is 13.2. The number of non-ortho nitro benzene ring substituents is 1. The normalized spacial score (nSPS) is 10.2.